The average Bonchev–Trinajstić information content (AvgIpc) is 3.03. The van der Waals surface area contributed by atoms with Crippen molar-refractivity contribution in [1.82, 2.24) is 14.8 Å². The number of likely N-dealkylation sites (tertiary alicyclic amines) is 2. The summed E-state index contributed by atoms with van der Waals surface area (Å²) in [5.74, 6) is 1.02. The molecule has 5 rings (SSSR count). The molecule has 2 saturated heterocycles. The fourth-order valence-corrected chi connectivity index (χ4v) is 5.66. The summed E-state index contributed by atoms with van der Waals surface area (Å²) in [6.45, 7) is 5.42. The van der Waals surface area contributed by atoms with Gasteiger partial charge in [-0.05, 0) is 92.9 Å². The largest absolute Gasteiger partial charge is 0.490 e. The van der Waals surface area contributed by atoms with Gasteiger partial charge in [0, 0.05) is 56.2 Å². The molecule has 2 aliphatic heterocycles. The van der Waals surface area contributed by atoms with E-state index in [1.165, 1.54) is 18.7 Å². The van der Waals surface area contributed by atoms with E-state index in [0.29, 0.717) is 60.7 Å². The number of carbonyl (C=O) groups excluding carboxylic acids is 3. The molecule has 1 aromatic heterocycles. The van der Waals surface area contributed by atoms with Gasteiger partial charge >= 0.3 is 0 Å². The van der Waals surface area contributed by atoms with E-state index in [4.69, 9.17) is 10.00 Å². The van der Waals surface area contributed by atoms with Crippen molar-refractivity contribution in [1.29, 1.82) is 5.26 Å². The smallest absolute Gasteiger partial charge is 0.272 e. The molecule has 1 amide bonds. The van der Waals surface area contributed by atoms with E-state index in [-0.39, 0.29) is 23.6 Å². The van der Waals surface area contributed by atoms with Crippen LogP contribution in [0.4, 0.5) is 0 Å². The van der Waals surface area contributed by atoms with Crippen molar-refractivity contribution in [2.75, 3.05) is 26.2 Å². The van der Waals surface area contributed by atoms with Crippen molar-refractivity contribution >= 4 is 17.5 Å². The molecule has 3 aromatic rings. The molecule has 216 valence electrons. The fourth-order valence-electron chi connectivity index (χ4n) is 5.66. The Bertz CT molecular complexity index is 1430. The van der Waals surface area contributed by atoms with Crippen LogP contribution in [0.3, 0.4) is 0 Å². The Hall–Kier alpha value is -4.35. The molecule has 0 unspecified atom stereocenters. The number of carbonyl (C=O) groups is 3. The quantitative estimate of drug-likeness (QED) is 0.324. The Morgan fingerprint density at radius 1 is 0.881 bits per heavy atom. The van der Waals surface area contributed by atoms with E-state index in [1.54, 1.807) is 29.2 Å². The van der Waals surface area contributed by atoms with Gasteiger partial charge in [0.15, 0.2) is 11.6 Å². The van der Waals surface area contributed by atoms with Crippen LogP contribution in [-0.4, -0.2) is 64.5 Å². The number of aromatic nitrogens is 1. The third-order valence-electron chi connectivity index (χ3n) is 8.27. The van der Waals surface area contributed by atoms with Crippen LogP contribution in [0, 0.1) is 17.2 Å². The summed E-state index contributed by atoms with van der Waals surface area (Å²) in [5.41, 5.74) is 3.42. The lowest BCUT2D eigenvalue weighted by Gasteiger charge is -2.32. The maximum absolute atomic E-state index is 13.0. The van der Waals surface area contributed by atoms with Crippen molar-refractivity contribution in [2.45, 2.75) is 51.7 Å². The zero-order valence-electron chi connectivity index (χ0n) is 24.0. The van der Waals surface area contributed by atoms with Crippen LogP contribution in [0.2, 0.25) is 0 Å². The summed E-state index contributed by atoms with van der Waals surface area (Å²) in [6, 6.07) is 20.4. The Labute approximate surface area is 246 Å². The van der Waals surface area contributed by atoms with Crippen molar-refractivity contribution in [2.24, 2.45) is 5.92 Å². The molecule has 8 nitrogen and oxygen atoms in total. The number of nitriles is 1. The van der Waals surface area contributed by atoms with Crippen molar-refractivity contribution < 1.29 is 19.1 Å². The fraction of sp³-hybridized carbons (Fsp3) is 0.382. The highest BCUT2D eigenvalue weighted by molar-refractivity contribution is 5.97. The molecule has 0 saturated carbocycles. The van der Waals surface area contributed by atoms with Crippen molar-refractivity contribution in [3.05, 3.63) is 94.8 Å². The van der Waals surface area contributed by atoms with E-state index >= 15 is 0 Å². The Morgan fingerprint density at radius 2 is 1.55 bits per heavy atom. The lowest BCUT2D eigenvalue weighted by Crippen LogP contribution is -2.42. The predicted octanol–water partition coefficient (Wildman–Crippen LogP) is 5.32. The number of benzene rings is 2. The third kappa shape index (κ3) is 7.48. The molecule has 2 aromatic carbocycles. The van der Waals surface area contributed by atoms with E-state index in [9.17, 15) is 14.4 Å². The molecule has 2 aliphatic rings. The normalized spacial score (nSPS) is 16.5. The number of pyridine rings is 1. The summed E-state index contributed by atoms with van der Waals surface area (Å²) in [6.07, 6.45) is 5.39. The minimum atomic E-state index is -0.132. The minimum Gasteiger partial charge on any atom is -0.490 e. The number of hydrogen-bond acceptors (Lipinski definition) is 7. The highest BCUT2D eigenvalue weighted by Crippen LogP contribution is 2.24. The van der Waals surface area contributed by atoms with E-state index < -0.39 is 0 Å². The van der Waals surface area contributed by atoms with Crippen molar-refractivity contribution in [3.8, 4) is 11.8 Å². The number of Topliss-reactive ketones (excluding diaryl/α,β-unsaturated/α-hetero) is 2. The van der Waals surface area contributed by atoms with Crippen LogP contribution in [0.5, 0.6) is 5.75 Å². The van der Waals surface area contributed by atoms with E-state index in [0.717, 1.165) is 38.2 Å². The second-order valence-electron chi connectivity index (χ2n) is 11.3. The number of hydrogen-bond donors (Lipinski definition) is 0. The SMILES string of the molecule is CC(=O)c1ccc(OC2CCN(C(=O)c3ccc(C(=O)CC4CCN(Cc5ccc(C#N)cc5)CC4)cn3)CC2)cc1. The molecule has 3 heterocycles. The van der Waals surface area contributed by atoms with Crippen LogP contribution in [0.15, 0.2) is 66.9 Å². The van der Waals surface area contributed by atoms with Gasteiger partial charge in [-0.2, -0.15) is 5.26 Å². The maximum atomic E-state index is 13.0. The molecule has 0 radical (unpaired) electrons. The van der Waals surface area contributed by atoms with Gasteiger partial charge in [-0.3, -0.25) is 24.3 Å². The van der Waals surface area contributed by atoms with Gasteiger partial charge in [0.1, 0.15) is 17.5 Å². The summed E-state index contributed by atoms with van der Waals surface area (Å²) < 4.78 is 6.05. The molecule has 0 spiro atoms. The Morgan fingerprint density at radius 3 is 2.14 bits per heavy atom. The molecule has 42 heavy (non-hydrogen) atoms. The van der Waals surface area contributed by atoms with Crippen LogP contribution in [0.1, 0.15) is 81.4 Å². The summed E-state index contributed by atoms with van der Waals surface area (Å²) in [4.78, 5) is 46.0. The molecule has 0 N–H and O–H groups in total. The van der Waals surface area contributed by atoms with Gasteiger partial charge in [-0.15, -0.1) is 0 Å². The summed E-state index contributed by atoms with van der Waals surface area (Å²) in [7, 11) is 0. The van der Waals surface area contributed by atoms with Gasteiger partial charge in [0.2, 0.25) is 0 Å². The molecule has 8 heteroatoms. The average molecular weight is 565 g/mol. The third-order valence-corrected chi connectivity index (χ3v) is 8.27. The lowest BCUT2D eigenvalue weighted by atomic mass is 9.90. The van der Waals surface area contributed by atoms with Crippen LogP contribution < -0.4 is 4.74 Å². The first-order valence-corrected chi connectivity index (χ1v) is 14.7. The second-order valence-corrected chi connectivity index (χ2v) is 11.3. The first-order chi connectivity index (χ1) is 20.4. The van der Waals surface area contributed by atoms with E-state index in [1.807, 2.05) is 36.4 Å². The van der Waals surface area contributed by atoms with Gasteiger partial charge in [-0.1, -0.05) is 12.1 Å². The highest BCUT2D eigenvalue weighted by atomic mass is 16.5. The van der Waals surface area contributed by atoms with Gasteiger partial charge in [0.05, 0.1) is 11.6 Å². The Balaban J connectivity index is 1.05. The minimum absolute atomic E-state index is 0.00743. The Kier molecular flexibility index (Phi) is 9.40. The molecule has 2 fully saturated rings. The number of amides is 1. The van der Waals surface area contributed by atoms with Gasteiger partial charge < -0.3 is 9.64 Å². The monoisotopic (exact) mass is 564 g/mol. The van der Waals surface area contributed by atoms with Gasteiger partial charge in [-0.25, -0.2) is 0 Å². The second kappa shape index (κ2) is 13.5. The summed E-state index contributed by atoms with van der Waals surface area (Å²) in [5, 5.41) is 8.97. The lowest BCUT2D eigenvalue weighted by molar-refractivity contribution is 0.0589. The number of rotatable bonds is 9. The maximum Gasteiger partial charge on any atom is 0.272 e. The van der Waals surface area contributed by atoms with Crippen molar-refractivity contribution in [3.63, 3.8) is 0 Å². The molecule has 0 bridgehead atoms. The van der Waals surface area contributed by atoms with Crippen LogP contribution >= 0.6 is 0 Å². The zero-order chi connectivity index (χ0) is 29.5. The number of nitrogens with zero attached hydrogens (tertiary/aromatic N) is 4. The molecule has 0 atom stereocenters. The first-order valence-electron chi connectivity index (χ1n) is 14.7. The standard InChI is InChI=1S/C34H36N4O4/c1-24(39)28-6-9-30(10-7-28)42-31-14-18-38(19-15-31)34(41)32-11-8-29(22-36-32)33(40)20-25-12-16-37(17-13-25)23-27-4-2-26(21-35)3-5-27/h2-11,22,25,31H,12-20,23H2,1H3. The number of piperidine rings is 2. The predicted molar refractivity (Wildman–Crippen MR) is 158 cm³/mol. The van der Waals surface area contributed by atoms with E-state index in [2.05, 4.69) is 16.0 Å². The number of ether oxygens (including phenoxy) is 1. The summed E-state index contributed by atoms with van der Waals surface area (Å²) >= 11 is 0. The van der Waals surface area contributed by atoms with Crippen LogP contribution in [-0.2, 0) is 6.54 Å². The highest BCUT2D eigenvalue weighted by Gasteiger charge is 2.26. The molecular weight excluding hydrogens is 528 g/mol. The molecular formula is C34H36N4O4. The molecule has 0 aliphatic carbocycles. The topological polar surface area (TPSA) is 104 Å². The van der Waals surface area contributed by atoms with Crippen LogP contribution in [0.25, 0.3) is 0 Å². The number of ketones is 2. The first kappa shape index (κ1) is 29.2. The van der Waals surface area contributed by atoms with Gasteiger partial charge in [0.25, 0.3) is 5.91 Å². The zero-order valence-corrected chi connectivity index (χ0v) is 24.0.